The molecule has 0 spiro atoms. The number of amides is 1. The highest BCUT2D eigenvalue weighted by molar-refractivity contribution is 7.99. The van der Waals surface area contributed by atoms with Gasteiger partial charge in [0.2, 0.25) is 5.91 Å². The van der Waals surface area contributed by atoms with E-state index in [1.54, 1.807) is 11.3 Å². The smallest absolute Gasteiger partial charge is 0.277 e. The lowest BCUT2D eigenvalue weighted by molar-refractivity contribution is -0.135. The maximum absolute atomic E-state index is 12.1. The van der Waals surface area contributed by atoms with Gasteiger partial charge in [-0.25, -0.2) is 0 Å². The molecule has 0 saturated carbocycles. The van der Waals surface area contributed by atoms with Crippen LogP contribution in [0.1, 0.15) is 6.92 Å². The van der Waals surface area contributed by atoms with E-state index in [4.69, 9.17) is 9.15 Å². The molecule has 1 aliphatic rings. The van der Waals surface area contributed by atoms with E-state index in [0.717, 1.165) is 4.88 Å². The third kappa shape index (κ3) is 3.63. The second kappa shape index (κ2) is 6.59. The number of hydrogen-bond acceptors (Lipinski definition) is 7. The minimum atomic E-state index is 0.0750. The normalized spacial score (nSPS) is 18.9. The third-order valence-electron chi connectivity index (χ3n) is 3.05. The molecule has 6 nitrogen and oxygen atoms in total. The Hall–Kier alpha value is -1.38. The second-order valence-electron chi connectivity index (χ2n) is 4.66. The van der Waals surface area contributed by atoms with Crippen LogP contribution in [-0.4, -0.2) is 52.6 Å². The zero-order valence-corrected chi connectivity index (χ0v) is 13.2. The number of morpholine rings is 1. The van der Waals surface area contributed by atoms with Crippen molar-refractivity contribution in [1.82, 2.24) is 15.1 Å². The molecule has 1 aliphatic heterocycles. The van der Waals surface area contributed by atoms with Gasteiger partial charge in [-0.15, -0.1) is 21.5 Å². The number of thiophene rings is 1. The summed E-state index contributed by atoms with van der Waals surface area (Å²) in [6.07, 6.45) is 0.0986. The van der Waals surface area contributed by atoms with E-state index in [1.807, 2.05) is 29.3 Å². The molecule has 1 amide bonds. The molecule has 1 unspecified atom stereocenters. The summed E-state index contributed by atoms with van der Waals surface area (Å²) >= 11 is 2.82. The van der Waals surface area contributed by atoms with Crippen molar-refractivity contribution >= 4 is 29.0 Å². The van der Waals surface area contributed by atoms with Crippen LogP contribution in [0.25, 0.3) is 10.8 Å². The average molecular weight is 325 g/mol. The highest BCUT2D eigenvalue weighted by Crippen LogP contribution is 2.26. The van der Waals surface area contributed by atoms with Crippen LogP contribution < -0.4 is 0 Å². The molecule has 1 saturated heterocycles. The Bertz CT molecular complexity index is 600. The fraction of sp³-hybridized carbons (Fsp3) is 0.462. The van der Waals surface area contributed by atoms with Crippen molar-refractivity contribution < 1.29 is 13.9 Å². The Morgan fingerprint density at radius 1 is 1.57 bits per heavy atom. The fourth-order valence-electron chi connectivity index (χ4n) is 2.03. The van der Waals surface area contributed by atoms with Gasteiger partial charge in [-0.05, 0) is 18.4 Å². The molecule has 1 fully saturated rings. The van der Waals surface area contributed by atoms with Gasteiger partial charge in [0.25, 0.3) is 11.1 Å². The number of hydrogen-bond donors (Lipinski definition) is 0. The summed E-state index contributed by atoms with van der Waals surface area (Å²) in [5, 5.41) is 10.3. The van der Waals surface area contributed by atoms with Crippen molar-refractivity contribution in [3.05, 3.63) is 17.5 Å². The molecule has 3 rings (SSSR count). The summed E-state index contributed by atoms with van der Waals surface area (Å²) in [5.41, 5.74) is 0. The quantitative estimate of drug-likeness (QED) is 0.802. The number of aromatic nitrogens is 2. The molecule has 2 aromatic heterocycles. The van der Waals surface area contributed by atoms with Gasteiger partial charge in [-0.3, -0.25) is 4.79 Å². The Kier molecular flexibility index (Phi) is 4.57. The average Bonchev–Trinajstić information content (AvgIpc) is 3.15. The lowest BCUT2D eigenvalue weighted by Gasteiger charge is -2.30. The first kappa shape index (κ1) is 14.6. The molecule has 0 aromatic carbocycles. The Balaban J connectivity index is 1.54. The molecular formula is C13H15N3O3S2. The maximum Gasteiger partial charge on any atom is 0.277 e. The largest absolute Gasteiger partial charge is 0.410 e. The van der Waals surface area contributed by atoms with Gasteiger partial charge in [0.05, 0.1) is 23.3 Å². The predicted octanol–water partition coefficient (Wildman–Crippen LogP) is 2.14. The van der Waals surface area contributed by atoms with Crippen LogP contribution >= 0.6 is 23.1 Å². The zero-order valence-electron chi connectivity index (χ0n) is 11.5. The summed E-state index contributed by atoms with van der Waals surface area (Å²) in [7, 11) is 0. The van der Waals surface area contributed by atoms with E-state index in [1.165, 1.54) is 11.8 Å². The van der Waals surface area contributed by atoms with Gasteiger partial charge >= 0.3 is 0 Å². The molecule has 1 atom stereocenters. The molecule has 0 bridgehead atoms. The molecule has 0 aliphatic carbocycles. The number of thioether (sulfide) groups is 1. The zero-order chi connectivity index (χ0) is 14.7. The van der Waals surface area contributed by atoms with E-state index < -0.39 is 0 Å². The molecule has 2 aromatic rings. The Labute approximate surface area is 130 Å². The van der Waals surface area contributed by atoms with Crippen LogP contribution in [0.2, 0.25) is 0 Å². The van der Waals surface area contributed by atoms with Crippen molar-refractivity contribution in [3.63, 3.8) is 0 Å². The number of carbonyl (C=O) groups is 1. The van der Waals surface area contributed by atoms with Crippen molar-refractivity contribution in [2.24, 2.45) is 0 Å². The van der Waals surface area contributed by atoms with E-state index in [2.05, 4.69) is 10.2 Å². The van der Waals surface area contributed by atoms with Crippen molar-refractivity contribution in [2.45, 2.75) is 18.3 Å². The Morgan fingerprint density at radius 3 is 3.24 bits per heavy atom. The minimum Gasteiger partial charge on any atom is -0.410 e. The second-order valence-corrected chi connectivity index (χ2v) is 6.53. The number of nitrogens with zero attached hydrogens (tertiary/aromatic N) is 3. The lowest BCUT2D eigenvalue weighted by atomic mass is 10.3. The topological polar surface area (TPSA) is 68.5 Å². The standard InChI is InChI=1S/C13H15N3O3S2/c1-9-7-16(4-5-18-9)11(17)8-21-13-15-14-12(19-13)10-3-2-6-20-10/h2-3,6,9H,4-5,7-8H2,1H3. The molecule has 0 radical (unpaired) electrons. The fourth-order valence-corrected chi connectivity index (χ4v) is 3.34. The van der Waals surface area contributed by atoms with E-state index in [0.29, 0.717) is 36.6 Å². The van der Waals surface area contributed by atoms with Crippen molar-refractivity contribution in [2.75, 3.05) is 25.4 Å². The van der Waals surface area contributed by atoms with E-state index in [-0.39, 0.29) is 12.0 Å². The van der Waals surface area contributed by atoms with E-state index in [9.17, 15) is 4.79 Å². The van der Waals surface area contributed by atoms with Gasteiger partial charge in [0, 0.05) is 13.1 Å². The first-order valence-electron chi connectivity index (χ1n) is 6.62. The highest BCUT2D eigenvalue weighted by atomic mass is 32.2. The molecule has 3 heterocycles. The summed E-state index contributed by atoms with van der Waals surface area (Å²) in [4.78, 5) is 14.9. The number of rotatable bonds is 4. The predicted molar refractivity (Wildman–Crippen MR) is 80.3 cm³/mol. The SMILES string of the molecule is CC1CN(C(=O)CSc2nnc(-c3cccs3)o2)CCO1. The van der Waals surface area contributed by atoms with Gasteiger partial charge in [-0.1, -0.05) is 17.8 Å². The van der Waals surface area contributed by atoms with E-state index >= 15 is 0 Å². The molecule has 8 heteroatoms. The number of carbonyl (C=O) groups excluding carboxylic acids is 1. The van der Waals surface area contributed by atoms with Crippen LogP contribution in [0.4, 0.5) is 0 Å². The molecule has 21 heavy (non-hydrogen) atoms. The third-order valence-corrected chi connectivity index (χ3v) is 4.71. The first-order valence-corrected chi connectivity index (χ1v) is 8.48. The van der Waals surface area contributed by atoms with Gasteiger partial charge < -0.3 is 14.1 Å². The summed E-state index contributed by atoms with van der Waals surface area (Å²) in [6, 6.07) is 3.85. The highest BCUT2D eigenvalue weighted by Gasteiger charge is 2.22. The van der Waals surface area contributed by atoms with Crippen LogP contribution in [0, 0.1) is 0 Å². The van der Waals surface area contributed by atoms with Crippen LogP contribution in [0.15, 0.2) is 27.2 Å². The minimum absolute atomic E-state index is 0.0750. The van der Waals surface area contributed by atoms with Crippen molar-refractivity contribution in [3.8, 4) is 10.8 Å². The molecule has 0 N–H and O–H groups in total. The van der Waals surface area contributed by atoms with Gasteiger partial charge in [-0.2, -0.15) is 0 Å². The van der Waals surface area contributed by atoms with Crippen LogP contribution in [-0.2, 0) is 9.53 Å². The molecular weight excluding hydrogens is 310 g/mol. The Morgan fingerprint density at radius 2 is 2.48 bits per heavy atom. The van der Waals surface area contributed by atoms with Crippen LogP contribution in [0.5, 0.6) is 0 Å². The maximum atomic E-state index is 12.1. The van der Waals surface area contributed by atoms with Crippen molar-refractivity contribution in [1.29, 1.82) is 0 Å². The summed E-state index contributed by atoms with van der Waals surface area (Å²) in [5.74, 6) is 0.879. The van der Waals surface area contributed by atoms with Gasteiger partial charge in [0.15, 0.2) is 0 Å². The van der Waals surface area contributed by atoms with Gasteiger partial charge in [0.1, 0.15) is 0 Å². The monoisotopic (exact) mass is 325 g/mol. The van der Waals surface area contributed by atoms with Crippen LogP contribution in [0.3, 0.4) is 0 Å². The lowest BCUT2D eigenvalue weighted by Crippen LogP contribution is -2.45. The first-order chi connectivity index (χ1) is 10.2. The molecule has 112 valence electrons. The number of ether oxygens (including phenoxy) is 1. The summed E-state index contributed by atoms with van der Waals surface area (Å²) in [6.45, 7) is 3.86. The summed E-state index contributed by atoms with van der Waals surface area (Å²) < 4.78 is 11.0.